The van der Waals surface area contributed by atoms with Crippen molar-refractivity contribution in [1.29, 1.82) is 0 Å². The van der Waals surface area contributed by atoms with Crippen molar-refractivity contribution in [2.45, 2.75) is 0 Å². The molecular formula is C51H32N4O. The Morgan fingerprint density at radius 1 is 0.339 bits per heavy atom. The first-order valence-electron chi connectivity index (χ1n) is 18.8. The lowest BCUT2D eigenvalue weighted by molar-refractivity contribution is 0.670. The zero-order valence-corrected chi connectivity index (χ0v) is 30.2. The Morgan fingerprint density at radius 2 is 0.893 bits per heavy atom. The van der Waals surface area contributed by atoms with Crippen LogP contribution in [0, 0.1) is 0 Å². The van der Waals surface area contributed by atoms with Crippen LogP contribution in [0.15, 0.2) is 199 Å². The van der Waals surface area contributed by atoms with Gasteiger partial charge in [-0.3, -0.25) is 0 Å². The second-order valence-corrected chi connectivity index (χ2v) is 14.0. The quantitative estimate of drug-likeness (QED) is 0.172. The largest absolute Gasteiger partial charge is 0.455 e. The average molecular weight is 717 g/mol. The number of hydrogen-bond donors (Lipinski definition) is 0. The van der Waals surface area contributed by atoms with Gasteiger partial charge in [-0.25, -0.2) is 15.0 Å². The lowest BCUT2D eigenvalue weighted by Gasteiger charge is -2.12. The fraction of sp³-hybridized carbons (Fsp3) is 0. The van der Waals surface area contributed by atoms with Crippen LogP contribution in [0.25, 0.3) is 106 Å². The molecule has 11 aromatic rings. The number of benzene rings is 8. The number of furan rings is 1. The summed E-state index contributed by atoms with van der Waals surface area (Å²) in [6.45, 7) is 0. The zero-order chi connectivity index (χ0) is 37.0. The predicted molar refractivity (Wildman–Crippen MR) is 229 cm³/mol. The van der Waals surface area contributed by atoms with Gasteiger partial charge in [0.05, 0.1) is 11.0 Å². The van der Waals surface area contributed by atoms with Crippen LogP contribution in [0.3, 0.4) is 0 Å². The molecule has 3 aromatic heterocycles. The highest BCUT2D eigenvalue weighted by Gasteiger charge is 2.19. The molecule has 0 aliphatic rings. The van der Waals surface area contributed by atoms with Gasteiger partial charge >= 0.3 is 0 Å². The summed E-state index contributed by atoms with van der Waals surface area (Å²) in [4.78, 5) is 14.9. The topological polar surface area (TPSA) is 56.7 Å². The van der Waals surface area contributed by atoms with E-state index in [4.69, 9.17) is 19.4 Å². The maximum Gasteiger partial charge on any atom is 0.164 e. The van der Waals surface area contributed by atoms with Crippen molar-refractivity contribution in [2.75, 3.05) is 0 Å². The van der Waals surface area contributed by atoms with E-state index in [2.05, 4.69) is 126 Å². The lowest BCUT2D eigenvalue weighted by Crippen LogP contribution is -2.01. The smallest absolute Gasteiger partial charge is 0.164 e. The summed E-state index contributed by atoms with van der Waals surface area (Å²) < 4.78 is 8.84. The van der Waals surface area contributed by atoms with Crippen molar-refractivity contribution in [3.63, 3.8) is 0 Å². The van der Waals surface area contributed by atoms with Crippen LogP contribution in [-0.2, 0) is 0 Å². The predicted octanol–water partition coefficient (Wildman–Crippen LogP) is 13.2. The number of rotatable bonds is 6. The SMILES string of the molecule is c1ccc(-c2nc(-c3ccccc3)nc(-c3cccc(-n4c5ccccc5c5cc(-c6cc(-c7ccccc7)c7oc8ccccc8c7c6)ccc54)c3)n2)cc1. The van der Waals surface area contributed by atoms with Crippen molar-refractivity contribution in [3.05, 3.63) is 194 Å². The highest BCUT2D eigenvalue weighted by molar-refractivity contribution is 6.13. The van der Waals surface area contributed by atoms with Gasteiger partial charge in [-0.05, 0) is 65.2 Å². The van der Waals surface area contributed by atoms with Gasteiger partial charge in [-0.15, -0.1) is 0 Å². The van der Waals surface area contributed by atoms with Crippen LogP contribution < -0.4 is 0 Å². The molecule has 0 bridgehead atoms. The minimum absolute atomic E-state index is 0.624. The Labute approximate surface area is 322 Å². The summed E-state index contributed by atoms with van der Waals surface area (Å²) in [5.74, 6) is 1.90. The molecule has 0 aliphatic carbocycles. The molecule has 0 aliphatic heterocycles. The summed E-state index contributed by atoms with van der Waals surface area (Å²) in [6.07, 6.45) is 0. The molecule has 0 N–H and O–H groups in total. The highest BCUT2D eigenvalue weighted by Crippen LogP contribution is 2.41. The molecule has 56 heavy (non-hydrogen) atoms. The maximum absolute atomic E-state index is 6.49. The Morgan fingerprint density at radius 3 is 1.61 bits per heavy atom. The molecule has 0 saturated heterocycles. The van der Waals surface area contributed by atoms with Gasteiger partial charge in [0.15, 0.2) is 17.5 Å². The van der Waals surface area contributed by atoms with E-state index in [1.165, 1.54) is 10.8 Å². The summed E-state index contributed by atoms with van der Waals surface area (Å²) >= 11 is 0. The summed E-state index contributed by atoms with van der Waals surface area (Å²) in [5, 5.41) is 4.59. The standard InChI is InChI=1S/C51H32N4O/c1-4-15-33(16-5-1)42-31-38(32-44-41-24-11-13-26-47(41)56-48(42)44)36-27-28-46-43(30-36)40-23-10-12-25-45(40)55(46)39-22-14-21-37(29-39)51-53-49(34-17-6-2-7-18-34)52-50(54-51)35-19-8-3-9-20-35/h1-32H. The van der Waals surface area contributed by atoms with Gasteiger partial charge in [0.2, 0.25) is 0 Å². The third-order valence-electron chi connectivity index (χ3n) is 10.6. The van der Waals surface area contributed by atoms with Crippen LogP contribution in [0.4, 0.5) is 0 Å². The second-order valence-electron chi connectivity index (χ2n) is 14.0. The number of hydrogen-bond acceptors (Lipinski definition) is 4. The number of para-hydroxylation sites is 2. The molecule has 0 spiro atoms. The third kappa shape index (κ3) is 5.37. The number of aromatic nitrogens is 4. The van der Waals surface area contributed by atoms with Crippen LogP contribution >= 0.6 is 0 Å². The molecule has 0 saturated carbocycles. The van der Waals surface area contributed by atoms with Crippen LogP contribution in [-0.4, -0.2) is 19.5 Å². The minimum Gasteiger partial charge on any atom is -0.455 e. The monoisotopic (exact) mass is 716 g/mol. The second kappa shape index (κ2) is 13.0. The fourth-order valence-electron chi connectivity index (χ4n) is 7.98. The number of fused-ring (bicyclic) bond motifs is 6. The fourth-order valence-corrected chi connectivity index (χ4v) is 7.98. The molecule has 5 heteroatoms. The first-order chi connectivity index (χ1) is 27.7. The Balaban J connectivity index is 1.07. The summed E-state index contributed by atoms with van der Waals surface area (Å²) in [6, 6.07) is 67.5. The van der Waals surface area contributed by atoms with E-state index in [0.717, 1.165) is 77.6 Å². The van der Waals surface area contributed by atoms with E-state index in [1.807, 2.05) is 72.8 Å². The summed E-state index contributed by atoms with van der Waals surface area (Å²) in [7, 11) is 0. The molecule has 5 nitrogen and oxygen atoms in total. The van der Waals surface area contributed by atoms with Crippen molar-refractivity contribution >= 4 is 43.7 Å². The Kier molecular flexibility index (Phi) is 7.42. The normalized spacial score (nSPS) is 11.6. The Hall–Kier alpha value is -7.63. The maximum atomic E-state index is 6.49. The molecule has 0 unspecified atom stereocenters. The van der Waals surface area contributed by atoms with Crippen molar-refractivity contribution in [1.82, 2.24) is 19.5 Å². The van der Waals surface area contributed by atoms with Gasteiger partial charge in [-0.2, -0.15) is 0 Å². The molecular weight excluding hydrogens is 685 g/mol. The van der Waals surface area contributed by atoms with E-state index in [0.29, 0.717) is 17.5 Å². The van der Waals surface area contributed by atoms with E-state index in [1.54, 1.807) is 0 Å². The molecule has 0 atom stereocenters. The average Bonchev–Trinajstić information content (AvgIpc) is 3.82. The highest BCUT2D eigenvalue weighted by atomic mass is 16.3. The molecule has 8 aromatic carbocycles. The van der Waals surface area contributed by atoms with E-state index in [-0.39, 0.29) is 0 Å². The van der Waals surface area contributed by atoms with E-state index < -0.39 is 0 Å². The first kappa shape index (κ1) is 31.9. The van der Waals surface area contributed by atoms with Crippen molar-refractivity contribution < 1.29 is 4.42 Å². The molecule has 11 rings (SSSR count). The van der Waals surface area contributed by atoms with Crippen LogP contribution in [0.2, 0.25) is 0 Å². The molecule has 0 radical (unpaired) electrons. The van der Waals surface area contributed by atoms with Gasteiger partial charge in [0.25, 0.3) is 0 Å². The zero-order valence-electron chi connectivity index (χ0n) is 30.2. The van der Waals surface area contributed by atoms with E-state index >= 15 is 0 Å². The molecule has 0 amide bonds. The number of nitrogens with zero attached hydrogens (tertiary/aromatic N) is 4. The Bertz CT molecular complexity index is 3180. The van der Waals surface area contributed by atoms with Gasteiger partial charge in [-0.1, -0.05) is 146 Å². The van der Waals surface area contributed by atoms with Crippen molar-refractivity contribution in [2.24, 2.45) is 0 Å². The first-order valence-corrected chi connectivity index (χ1v) is 18.8. The van der Waals surface area contributed by atoms with E-state index in [9.17, 15) is 0 Å². The van der Waals surface area contributed by atoms with Gasteiger partial charge in [0, 0.05) is 49.5 Å². The van der Waals surface area contributed by atoms with Crippen LogP contribution in [0.5, 0.6) is 0 Å². The molecule has 3 heterocycles. The molecule has 262 valence electrons. The lowest BCUT2D eigenvalue weighted by atomic mass is 9.95. The third-order valence-corrected chi connectivity index (χ3v) is 10.6. The van der Waals surface area contributed by atoms with Gasteiger partial charge < -0.3 is 8.98 Å². The minimum atomic E-state index is 0.624. The van der Waals surface area contributed by atoms with Crippen LogP contribution in [0.1, 0.15) is 0 Å². The van der Waals surface area contributed by atoms with Gasteiger partial charge in [0.1, 0.15) is 11.2 Å². The summed E-state index contributed by atoms with van der Waals surface area (Å²) in [5.41, 5.74) is 12.4. The molecule has 0 fully saturated rings. The van der Waals surface area contributed by atoms with Crippen molar-refractivity contribution in [3.8, 4) is 62.1 Å².